The molecule has 1 heterocycles. The lowest BCUT2D eigenvalue weighted by atomic mass is 10.3. The quantitative estimate of drug-likeness (QED) is 0.765. The van der Waals surface area contributed by atoms with E-state index in [1.54, 1.807) is 18.9 Å². The second-order valence-electron chi connectivity index (χ2n) is 3.23. The summed E-state index contributed by atoms with van der Waals surface area (Å²) in [6.45, 7) is 4.68. The summed E-state index contributed by atoms with van der Waals surface area (Å²) >= 11 is 1.17. The molecule has 0 aliphatic heterocycles. The Labute approximate surface area is 88.1 Å². The summed E-state index contributed by atoms with van der Waals surface area (Å²) in [6.07, 6.45) is 2.12. The van der Waals surface area contributed by atoms with Crippen LogP contribution in [0.25, 0.3) is 0 Å². The maximum atomic E-state index is 11.7. The minimum Gasteiger partial charge on any atom is -0.340 e. The fraction of sp³-hybridized carbons (Fsp3) is 0.667. The number of hydrogen-bond donors (Lipinski definition) is 0. The topological polar surface area (TPSA) is 46.1 Å². The molecule has 0 spiro atoms. The lowest BCUT2D eigenvalue weighted by Crippen LogP contribution is -2.27. The van der Waals surface area contributed by atoms with Gasteiger partial charge in [-0.2, -0.15) is 4.37 Å². The highest BCUT2D eigenvalue weighted by Gasteiger charge is 2.15. The fourth-order valence-electron chi connectivity index (χ4n) is 1.04. The molecule has 0 atom stereocenters. The van der Waals surface area contributed by atoms with Crippen molar-refractivity contribution in [2.45, 2.75) is 26.7 Å². The second kappa shape index (κ2) is 5.05. The Bertz CT molecular complexity index is 311. The summed E-state index contributed by atoms with van der Waals surface area (Å²) in [5.41, 5.74) is 0. The molecule has 1 aromatic heterocycles. The summed E-state index contributed by atoms with van der Waals surface area (Å²) in [4.78, 5) is 17.5. The second-order valence-corrected chi connectivity index (χ2v) is 3.98. The molecule has 0 unspecified atom stereocenters. The molecule has 1 amide bonds. The van der Waals surface area contributed by atoms with E-state index in [0.29, 0.717) is 10.8 Å². The predicted molar refractivity (Wildman–Crippen MR) is 56.5 cm³/mol. The number of aromatic nitrogens is 2. The van der Waals surface area contributed by atoms with Crippen molar-refractivity contribution in [2.75, 3.05) is 13.6 Å². The van der Waals surface area contributed by atoms with E-state index in [9.17, 15) is 4.79 Å². The van der Waals surface area contributed by atoms with Crippen LogP contribution in [0.3, 0.4) is 0 Å². The number of unbranched alkanes of at least 4 members (excludes halogenated alkanes) is 1. The van der Waals surface area contributed by atoms with Gasteiger partial charge in [-0.25, -0.2) is 4.98 Å². The molecule has 1 rings (SSSR count). The highest BCUT2D eigenvalue weighted by atomic mass is 32.1. The van der Waals surface area contributed by atoms with E-state index >= 15 is 0 Å². The number of carbonyl (C=O) groups is 1. The Morgan fingerprint density at radius 2 is 2.29 bits per heavy atom. The Kier molecular flexibility index (Phi) is 4.00. The third-order valence-electron chi connectivity index (χ3n) is 1.90. The van der Waals surface area contributed by atoms with Crippen molar-refractivity contribution in [1.82, 2.24) is 14.3 Å². The highest BCUT2D eigenvalue weighted by molar-refractivity contribution is 7.07. The van der Waals surface area contributed by atoms with E-state index in [1.165, 1.54) is 11.5 Å². The summed E-state index contributed by atoms with van der Waals surface area (Å²) in [5.74, 6) is 0.645. The Morgan fingerprint density at radius 1 is 1.57 bits per heavy atom. The van der Waals surface area contributed by atoms with Crippen LogP contribution in [-0.2, 0) is 0 Å². The van der Waals surface area contributed by atoms with Crippen molar-refractivity contribution in [2.24, 2.45) is 0 Å². The van der Waals surface area contributed by atoms with Gasteiger partial charge in [0.25, 0.3) is 5.91 Å². The molecule has 0 fully saturated rings. The number of aryl methyl sites for hydroxylation is 1. The molecular weight excluding hydrogens is 198 g/mol. The molecule has 0 radical (unpaired) electrons. The van der Waals surface area contributed by atoms with E-state index in [0.717, 1.165) is 19.4 Å². The summed E-state index contributed by atoms with van der Waals surface area (Å²) in [6, 6.07) is 0. The molecular formula is C9H15N3OS. The first-order valence-electron chi connectivity index (χ1n) is 4.71. The molecule has 1 aromatic rings. The highest BCUT2D eigenvalue weighted by Crippen LogP contribution is 2.07. The fourth-order valence-corrected chi connectivity index (χ4v) is 1.71. The molecule has 78 valence electrons. The van der Waals surface area contributed by atoms with E-state index in [-0.39, 0.29) is 5.91 Å². The largest absolute Gasteiger partial charge is 0.340 e. The number of hydrogen-bond acceptors (Lipinski definition) is 4. The molecule has 0 aliphatic rings. The average Bonchev–Trinajstić information content (AvgIpc) is 2.60. The number of nitrogens with zero attached hydrogens (tertiary/aromatic N) is 3. The van der Waals surface area contributed by atoms with Gasteiger partial charge >= 0.3 is 0 Å². The van der Waals surface area contributed by atoms with Crippen LogP contribution in [0.4, 0.5) is 0 Å². The minimum atomic E-state index is -0.0240. The van der Waals surface area contributed by atoms with Gasteiger partial charge < -0.3 is 4.90 Å². The van der Waals surface area contributed by atoms with Crippen molar-refractivity contribution in [3.63, 3.8) is 0 Å². The van der Waals surface area contributed by atoms with Crippen LogP contribution < -0.4 is 0 Å². The summed E-state index contributed by atoms with van der Waals surface area (Å²) in [5, 5.41) is 0.487. The number of rotatable bonds is 4. The summed E-state index contributed by atoms with van der Waals surface area (Å²) < 4.78 is 3.98. The smallest absolute Gasteiger partial charge is 0.284 e. The van der Waals surface area contributed by atoms with Gasteiger partial charge in [0.05, 0.1) is 0 Å². The SMILES string of the molecule is CCCCN(C)C(=O)c1nc(C)ns1. The van der Waals surface area contributed by atoms with Crippen molar-refractivity contribution < 1.29 is 4.79 Å². The third kappa shape index (κ3) is 2.77. The molecule has 0 N–H and O–H groups in total. The van der Waals surface area contributed by atoms with Gasteiger partial charge in [-0.1, -0.05) is 13.3 Å². The van der Waals surface area contributed by atoms with Crippen LogP contribution >= 0.6 is 11.5 Å². The zero-order valence-electron chi connectivity index (χ0n) is 8.78. The van der Waals surface area contributed by atoms with Gasteiger partial charge in [0.15, 0.2) is 0 Å². The van der Waals surface area contributed by atoms with E-state index in [2.05, 4.69) is 16.3 Å². The van der Waals surface area contributed by atoms with Crippen LogP contribution in [0.15, 0.2) is 0 Å². The van der Waals surface area contributed by atoms with E-state index in [4.69, 9.17) is 0 Å². The van der Waals surface area contributed by atoms with Crippen molar-refractivity contribution in [3.05, 3.63) is 10.8 Å². The lowest BCUT2D eigenvalue weighted by Gasteiger charge is -2.14. The Morgan fingerprint density at radius 3 is 2.79 bits per heavy atom. The molecule has 4 nitrogen and oxygen atoms in total. The van der Waals surface area contributed by atoms with Crippen molar-refractivity contribution in [1.29, 1.82) is 0 Å². The molecule has 0 aliphatic carbocycles. The van der Waals surface area contributed by atoms with Crippen LogP contribution in [0, 0.1) is 6.92 Å². The molecule has 5 heteroatoms. The van der Waals surface area contributed by atoms with E-state index in [1.807, 2.05) is 0 Å². The van der Waals surface area contributed by atoms with Gasteiger partial charge in [0.1, 0.15) is 5.82 Å². The number of carbonyl (C=O) groups excluding carboxylic acids is 1. The van der Waals surface area contributed by atoms with Crippen molar-refractivity contribution >= 4 is 17.4 Å². The standard InChI is InChI=1S/C9H15N3OS/c1-4-5-6-12(3)9(13)8-10-7(2)11-14-8/h4-6H2,1-3H3. The lowest BCUT2D eigenvalue weighted by molar-refractivity contribution is 0.0792. The number of amides is 1. The molecule has 0 bridgehead atoms. The first kappa shape index (κ1) is 11.1. The monoisotopic (exact) mass is 213 g/mol. The van der Waals surface area contributed by atoms with Crippen LogP contribution in [0.2, 0.25) is 0 Å². The zero-order valence-corrected chi connectivity index (χ0v) is 9.60. The third-order valence-corrected chi connectivity index (χ3v) is 2.70. The maximum Gasteiger partial charge on any atom is 0.284 e. The first-order valence-corrected chi connectivity index (χ1v) is 5.48. The van der Waals surface area contributed by atoms with Gasteiger partial charge in [0, 0.05) is 13.6 Å². The Hall–Kier alpha value is -0.970. The molecule has 14 heavy (non-hydrogen) atoms. The first-order chi connectivity index (χ1) is 6.65. The van der Waals surface area contributed by atoms with Crippen LogP contribution in [0.1, 0.15) is 35.4 Å². The summed E-state index contributed by atoms with van der Waals surface area (Å²) in [7, 11) is 1.80. The average molecular weight is 213 g/mol. The maximum absolute atomic E-state index is 11.7. The van der Waals surface area contributed by atoms with Crippen LogP contribution in [0.5, 0.6) is 0 Å². The van der Waals surface area contributed by atoms with Gasteiger partial charge in [-0.05, 0) is 24.9 Å². The molecule has 0 saturated heterocycles. The van der Waals surface area contributed by atoms with E-state index < -0.39 is 0 Å². The minimum absolute atomic E-state index is 0.0240. The molecule has 0 aromatic carbocycles. The van der Waals surface area contributed by atoms with Crippen molar-refractivity contribution in [3.8, 4) is 0 Å². The Balaban J connectivity index is 2.56. The van der Waals surface area contributed by atoms with Crippen LogP contribution in [-0.4, -0.2) is 33.8 Å². The normalized spacial score (nSPS) is 10.2. The zero-order chi connectivity index (χ0) is 10.6. The molecule has 0 saturated carbocycles. The van der Waals surface area contributed by atoms with Gasteiger partial charge in [0.2, 0.25) is 5.01 Å². The van der Waals surface area contributed by atoms with Gasteiger partial charge in [-0.3, -0.25) is 4.79 Å². The van der Waals surface area contributed by atoms with Gasteiger partial charge in [-0.15, -0.1) is 0 Å². The predicted octanol–water partition coefficient (Wildman–Crippen LogP) is 1.72.